The average Bonchev–Trinajstić information content (AvgIpc) is 3.34. The van der Waals surface area contributed by atoms with Crippen molar-refractivity contribution in [1.29, 1.82) is 0 Å². The first-order valence-electron chi connectivity index (χ1n) is 12.1. The molecule has 5 rings (SSSR count). The first-order valence-corrected chi connectivity index (χ1v) is 14.7. The van der Waals surface area contributed by atoms with Gasteiger partial charge in [-0.25, -0.2) is 8.42 Å². The summed E-state index contributed by atoms with van der Waals surface area (Å²) in [7, 11) is -2.22. The highest BCUT2D eigenvalue weighted by Gasteiger charge is 2.36. The number of benzene rings is 4. The lowest BCUT2D eigenvalue weighted by Crippen LogP contribution is -2.31. The zero-order valence-electron chi connectivity index (χ0n) is 21.1. The molecule has 37 heavy (non-hydrogen) atoms. The quantitative estimate of drug-likeness (QED) is 0.222. The van der Waals surface area contributed by atoms with Crippen molar-refractivity contribution in [2.45, 2.75) is 29.8 Å². The Morgan fingerprint density at radius 3 is 1.78 bits per heavy atom. The summed E-state index contributed by atoms with van der Waals surface area (Å²) in [4.78, 5) is 5.19. The Morgan fingerprint density at radius 2 is 1.30 bits per heavy atom. The van der Waals surface area contributed by atoms with Crippen molar-refractivity contribution in [3.05, 3.63) is 111 Å². The number of hydrogen-bond donors (Lipinski definition) is 0. The van der Waals surface area contributed by atoms with Crippen molar-refractivity contribution in [2.24, 2.45) is 0 Å². The van der Waals surface area contributed by atoms with Crippen LogP contribution in [-0.2, 0) is 9.84 Å². The largest absolute Gasteiger partial charge is 0.495 e. The average molecular weight is 625 g/mol. The van der Waals surface area contributed by atoms with Gasteiger partial charge in [0.25, 0.3) is 0 Å². The smallest absolute Gasteiger partial charge is 0.211 e. The van der Waals surface area contributed by atoms with Crippen molar-refractivity contribution in [1.82, 2.24) is 0 Å². The van der Waals surface area contributed by atoms with Crippen molar-refractivity contribution >= 4 is 43.8 Å². The summed E-state index contributed by atoms with van der Waals surface area (Å²) >= 11 is 2.13. The second-order valence-electron chi connectivity index (χ2n) is 9.28. The third kappa shape index (κ3) is 4.94. The molecule has 4 aromatic rings. The maximum Gasteiger partial charge on any atom is 0.211 e. The van der Waals surface area contributed by atoms with Gasteiger partial charge in [-0.05, 0) is 90.5 Å². The van der Waals surface area contributed by atoms with Gasteiger partial charge in [0.2, 0.25) is 9.84 Å². The molecule has 1 fully saturated rings. The zero-order chi connectivity index (χ0) is 26.2. The predicted molar refractivity (Wildman–Crippen MR) is 157 cm³/mol. The van der Waals surface area contributed by atoms with E-state index in [2.05, 4.69) is 94.8 Å². The first kappa shape index (κ1) is 25.6. The number of aryl methyl sites for hydroxylation is 2. The lowest BCUT2D eigenvalue weighted by molar-refractivity contribution is 0.401. The lowest BCUT2D eigenvalue weighted by atomic mass is 10.1. The van der Waals surface area contributed by atoms with Crippen LogP contribution in [0.4, 0.5) is 11.4 Å². The minimum Gasteiger partial charge on any atom is -0.495 e. The Labute approximate surface area is 232 Å². The van der Waals surface area contributed by atoms with Gasteiger partial charge < -0.3 is 14.5 Å². The van der Waals surface area contributed by atoms with E-state index in [9.17, 15) is 8.42 Å². The summed E-state index contributed by atoms with van der Waals surface area (Å²) < 4.78 is 33.6. The summed E-state index contributed by atoms with van der Waals surface area (Å²) in [5, 5.41) is 0. The van der Waals surface area contributed by atoms with Gasteiger partial charge in [-0.1, -0.05) is 53.6 Å². The van der Waals surface area contributed by atoms with E-state index in [1.54, 1.807) is 24.3 Å². The number of rotatable bonds is 6. The number of halogens is 1. The van der Waals surface area contributed by atoms with Gasteiger partial charge in [0.1, 0.15) is 16.8 Å². The minimum absolute atomic E-state index is 0.124. The summed E-state index contributed by atoms with van der Waals surface area (Å²) in [6, 6.07) is 29.5. The molecule has 1 saturated heterocycles. The Kier molecular flexibility index (Phi) is 7.18. The van der Waals surface area contributed by atoms with Gasteiger partial charge in [-0.15, -0.1) is 0 Å². The highest BCUT2D eigenvalue weighted by molar-refractivity contribution is 14.1. The predicted octanol–water partition coefficient (Wildman–Crippen LogP) is 6.77. The van der Waals surface area contributed by atoms with Crippen LogP contribution in [0.3, 0.4) is 0 Å². The van der Waals surface area contributed by atoms with Crippen molar-refractivity contribution < 1.29 is 13.2 Å². The van der Waals surface area contributed by atoms with E-state index in [1.807, 2.05) is 18.2 Å². The van der Waals surface area contributed by atoms with E-state index in [4.69, 9.17) is 4.74 Å². The Morgan fingerprint density at radius 1 is 0.784 bits per heavy atom. The number of anilines is 2. The molecular weight excluding hydrogens is 595 g/mol. The molecule has 0 N–H and O–H groups in total. The Bertz CT molecular complexity index is 1450. The fraction of sp³-hybridized carbons (Fsp3) is 0.200. The van der Waals surface area contributed by atoms with Crippen LogP contribution in [-0.4, -0.2) is 28.6 Å². The topological polar surface area (TPSA) is 49.9 Å². The SMILES string of the molecule is COc1cc(C2N(c3ccc(C)cc3)CCN2c2ccc(C)cc2)cc(I)c1S(=O)(=O)c1ccccc1. The highest BCUT2D eigenvalue weighted by atomic mass is 127. The van der Waals surface area contributed by atoms with Gasteiger partial charge in [0.15, 0.2) is 0 Å². The summed E-state index contributed by atoms with van der Waals surface area (Å²) in [6.45, 7) is 5.85. The van der Waals surface area contributed by atoms with Crippen molar-refractivity contribution in [3.8, 4) is 5.75 Å². The number of sulfone groups is 1. The number of methoxy groups -OCH3 is 1. The number of hydrogen-bond acceptors (Lipinski definition) is 5. The van der Waals surface area contributed by atoms with Gasteiger partial charge in [0, 0.05) is 28.0 Å². The molecule has 0 aromatic heterocycles. The van der Waals surface area contributed by atoms with Gasteiger partial charge >= 0.3 is 0 Å². The molecule has 0 radical (unpaired) electrons. The van der Waals surface area contributed by atoms with Crippen molar-refractivity contribution in [2.75, 3.05) is 30.0 Å². The molecule has 7 heteroatoms. The maximum absolute atomic E-state index is 13.6. The molecule has 0 amide bonds. The van der Waals surface area contributed by atoms with Crippen LogP contribution in [0.1, 0.15) is 22.9 Å². The van der Waals surface area contributed by atoms with E-state index >= 15 is 0 Å². The maximum atomic E-state index is 13.6. The van der Waals surface area contributed by atoms with Gasteiger partial charge in [-0.3, -0.25) is 0 Å². The molecule has 0 saturated carbocycles. The van der Waals surface area contributed by atoms with Crippen LogP contribution in [0.25, 0.3) is 0 Å². The second kappa shape index (κ2) is 10.4. The van der Waals surface area contributed by atoms with Crippen molar-refractivity contribution in [3.63, 3.8) is 0 Å². The zero-order valence-corrected chi connectivity index (χ0v) is 24.0. The molecule has 0 bridgehead atoms. The van der Waals surface area contributed by atoms with Gasteiger partial charge in [0.05, 0.1) is 12.0 Å². The highest BCUT2D eigenvalue weighted by Crippen LogP contribution is 2.42. The van der Waals surface area contributed by atoms with E-state index < -0.39 is 9.84 Å². The van der Waals surface area contributed by atoms with Crippen LogP contribution >= 0.6 is 22.6 Å². The van der Waals surface area contributed by atoms with Crippen LogP contribution in [0.2, 0.25) is 0 Å². The Balaban J connectivity index is 1.65. The lowest BCUT2D eigenvalue weighted by Gasteiger charge is -2.34. The fourth-order valence-electron chi connectivity index (χ4n) is 4.87. The number of nitrogens with zero attached hydrogens (tertiary/aromatic N) is 2. The molecule has 0 aliphatic carbocycles. The van der Waals surface area contributed by atoms with Crippen LogP contribution in [0.5, 0.6) is 5.75 Å². The molecule has 1 aliphatic rings. The van der Waals surface area contributed by atoms with Crippen LogP contribution in [0.15, 0.2) is 101 Å². The third-order valence-electron chi connectivity index (χ3n) is 6.78. The molecule has 0 atom stereocenters. The molecule has 190 valence electrons. The molecule has 0 unspecified atom stereocenters. The summed E-state index contributed by atoms with van der Waals surface area (Å²) in [5.74, 6) is 0.352. The monoisotopic (exact) mass is 624 g/mol. The number of ether oxygens (including phenoxy) is 1. The standard InChI is InChI=1S/C30H29IN2O3S/c1-21-9-13-24(14-10-21)32-17-18-33(25-15-11-22(2)12-16-25)30(32)23-19-27(31)29(28(20-23)36-3)37(34,35)26-7-5-4-6-8-26/h4-16,19-20,30H,17-18H2,1-3H3. The summed E-state index contributed by atoms with van der Waals surface area (Å²) in [5.41, 5.74) is 5.65. The third-order valence-corrected chi connectivity index (χ3v) is 9.84. The van der Waals surface area contributed by atoms with E-state index in [-0.39, 0.29) is 16.0 Å². The van der Waals surface area contributed by atoms with Crippen LogP contribution < -0.4 is 14.5 Å². The van der Waals surface area contributed by atoms with E-state index in [1.165, 1.54) is 18.2 Å². The van der Waals surface area contributed by atoms with E-state index in [0.29, 0.717) is 9.32 Å². The summed E-state index contributed by atoms with van der Waals surface area (Å²) in [6.07, 6.45) is -0.124. The molecule has 5 nitrogen and oxygen atoms in total. The molecule has 1 aliphatic heterocycles. The normalized spacial score (nSPS) is 14.3. The van der Waals surface area contributed by atoms with E-state index in [0.717, 1.165) is 30.0 Å². The fourth-order valence-corrected chi connectivity index (χ4v) is 7.84. The second-order valence-corrected chi connectivity index (χ2v) is 12.3. The molecule has 1 heterocycles. The van der Waals surface area contributed by atoms with Crippen LogP contribution in [0, 0.1) is 17.4 Å². The van der Waals surface area contributed by atoms with Gasteiger partial charge in [-0.2, -0.15) is 0 Å². The first-order chi connectivity index (χ1) is 17.8. The Hall–Kier alpha value is -3.04. The molecule has 0 spiro atoms. The minimum atomic E-state index is -3.75. The molecule has 4 aromatic carbocycles. The molecular formula is C30H29IN2O3S.